The molecule has 2 aliphatic rings. The van der Waals surface area contributed by atoms with Crippen LogP contribution in [0.15, 0.2) is 35.6 Å². The normalized spacial score (nSPS) is 24.9. The number of nitrogens with one attached hydrogen (secondary N) is 2. The van der Waals surface area contributed by atoms with Crippen LogP contribution in [0.1, 0.15) is 43.0 Å². The quantitative estimate of drug-likeness (QED) is 0.610. The van der Waals surface area contributed by atoms with E-state index in [9.17, 15) is 9.59 Å². The van der Waals surface area contributed by atoms with Crippen LogP contribution in [0.2, 0.25) is 0 Å². The third-order valence-electron chi connectivity index (χ3n) is 6.35. The standard InChI is InChI=1S/C21H25N3O2S/c1-3-8-24-20(26)16-7-6-15(11-18(16)23-21(24)27)19(25)22-12(2)17-10-13-4-5-14(17)9-13/h3,6-7,11-14,17H,1,4-5,8-10H2,2H3,(H,22,25)(H,23,27)/t12-,13+,14+,17+/m1/s1. The molecule has 1 aromatic heterocycles. The topological polar surface area (TPSA) is 66.9 Å². The zero-order valence-corrected chi connectivity index (χ0v) is 16.3. The molecule has 2 aliphatic carbocycles. The number of benzene rings is 1. The Hall–Kier alpha value is -2.21. The highest BCUT2D eigenvalue weighted by Crippen LogP contribution is 2.49. The second-order valence-corrected chi connectivity index (χ2v) is 8.38. The van der Waals surface area contributed by atoms with Gasteiger partial charge in [0, 0.05) is 18.2 Å². The van der Waals surface area contributed by atoms with Crippen LogP contribution in [0.3, 0.4) is 0 Å². The molecule has 2 fully saturated rings. The van der Waals surface area contributed by atoms with Gasteiger partial charge in [-0.25, -0.2) is 0 Å². The molecule has 0 saturated heterocycles. The molecule has 2 N–H and O–H groups in total. The molecule has 142 valence electrons. The van der Waals surface area contributed by atoms with Gasteiger partial charge in [0.2, 0.25) is 0 Å². The highest BCUT2D eigenvalue weighted by atomic mass is 32.1. The fraction of sp³-hybridized carbons (Fsp3) is 0.476. The Bertz CT molecular complexity index is 1020. The first kappa shape index (κ1) is 18.2. The fourth-order valence-electron chi connectivity index (χ4n) is 4.99. The number of fused-ring (bicyclic) bond motifs is 3. The van der Waals surface area contributed by atoms with Gasteiger partial charge < -0.3 is 10.3 Å². The first-order valence-electron chi connectivity index (χ1n) is 9.66. The van der Waals surface area contributed by atoms with E-state index in [4.69, 9.17) is 12.2 Å². The van der Waals surface area contributed by atoms with Crippen LogP contribution in [-0.4, -0.2) is 21.5 Å². The maximum Gasteiger partial charge on any atom is 0.262 e. The number of allylic oxidation sites excluding steroid dienone is 1. The van der Waals surface area contributed by atoms with Crippen LogP contribution in [0.5, 0.6) is 0 Å². The first-order chi connectivity index (χ1) is 13.0. The number of amides is 1. The number of aromatic amines is 1. The third-order valence-corrected chi connectivity index (χ3v) is 6.67. The van der Waals surface area contributed by atoms with Crippen molar-refractivity contribution in [3.8, 4) is 0 Å². The molecule has 0 spiro atoms. The van der Waals surface area contributed by atoms with Crippen molar-refractivity contribution in [1.82, 2.24) is 14.9 Å². The van der Waals surface area contributed by atoms with E-state index in [-0.39, 0.29) is 17.5 Å². The van der Waals surface area contributed by atoms with Gasteiger partial charge in [-0.2, -0.15) is 0 Å². The zero-order chi connectivity index (χ0) is 19.1. The molecule has 4 atom stereocenters. The van der Waals surface area contributed by atoms with Crippen molar-refractivity contribution in [3.63, 3.8) is 0 Å². The van der Waals surface area contributed by atoms with Crippen LogP contribution in [0.25, 0.3) is 10.9 Å². The van der Waals surface area contributed by atoms with Gasteiger partial charge in [0.05, 0.1) is 10.9 Å². The third kappa shape index (κ3) is 3.27. The molecule has 0 radical (unpaired) electrons. The molecule has 0 unspecified atom stereocenters. The Kier molecular flexibility index (Phi) is 4.76. The maximum absolute atomic E-state index is 12.8. The Labute approximate surface area is 163 Å². The SMILES string of the molecule is C=CCn1c(=S)[nH]c2cc(C(=O)N[C@H](C)[C@@H]3C[C@H]4CC[C@H]3C4)ccc2c1=O. The lowest BCUT2D eigenvalue weighted by molar-refractivity contribution is 0.0915. The second kappa shape index (κ2) is 7.08. The minimum Gasteiger partial charge on any atom is -0.349 e. The van der Waals surface area contributed by atoms with Gasteiger partial charge >= 0.3 is 0 Å². The average Bonchev–Trinajstić information content (AvgIpc) is 3.28. The van der Waals surface area contributed by atoms with E-state index in [0.717, 1.165) is 11.8 Å². The molecule has 2 saturated carbocycles. The molecule has 6 heteroatoms. The molecular formula is C21H25N3O2S. The van der Waals surface area contributed by atoms with E-state index >= 15 is 0 Å². The van der Waals surface area contributed by atoms with Crippen molar-refractivity contribution in [2.24, 2.45) is 17.8 Å². The molecule has 4 rings (SSSR count). The van der Waals surface area contributed by atoms with E-state index in [1.54, 1.807) is 24.3 Å². The highest BCUT2D eigenvalue weighted by molar-refractivity contribution is 7.71. The molecule has 1 aromatic carbocycles. The van der Waals surface area contributed by atoms with E-state index in [1.807, 2.05) is 0 Å². The Morgan fingerprint density at radius 2 is 2.26 bits per heavy atom. The van der Waals surface area contributed by atoms with E-state index in [0.29, 0.717) is 33.7 Å². The number of nitrogens with zero attached hydrogens (tertiary/aromatic N) is 1. The first-order valence-corrected chi connectivity index (χ1v) is 10.1. The van der Waals surface area contributed by atoms with E-state index < -0.39 is 0 Å². The van der Waals surface area contributed by atoms with Crippen LogP contribution >= 0.6 is 12.2 Å². The second-order valence-electron chi connectivity index (χ2n) is 8.00. The largest absolute Gasteiger partial charge is 0.349 e. The van der Waals surface area contributed by atoms with Gasteiger partial charge in [0.25, 0.3) is 11.5 Å². The highest BCUT2D eigenvalue weighted by Gasteiger charge is 2.42. The van der Waals surface area contributed by atoms with Crippen molar-refractivity contribution in [3.05, 3.63) is 51.5 Å². The molecular weight excluding hydrogens is 358 g/mol. The summed E-state index contributed by atoms with van der Waals surface area (Å²) in [5.74, 6) is 2.12. The van der Waals surface area contributed by atoms with Gasteiger partial charge in [-0.3, -0.25) is 14.2 Å². The Morgan fingerprint density at radius 3 is 2.93 bits per heavy atom. The van der Waals surface area contributed by atoms with Crippen LogP contribution in [0, 0.1) is 22.5 Å². The average molecular weight is 384 g/mol. The molecule has 2 bridgehead atoms. The molecule has 27 heavy (non-hydrogen) atoms. The predicted octanol–water partition coefficient (Wildman–Crippen LogP) is 3.80. The Balaban J connectivity index is 1.57. The minimum atomic E-state index is -0.170. The number of aromatic nitrogens is 2. The Morgan fingerprint density at radius 1 is 1.44 bits per heavy atom. The van der Waals surface area contributed by atoms with Crippen molar-refractivity contribution >= 4 is 29.0 Å². The molecule has 1 amide bonds. The summed E-state index contributed by atoms with van der Waals surface area (Å²) < 4.78 is 1.79. The predicted molar refractivity (Wildman–Crippen MR) is 109 cm³/mol. The molecule has 5 nitrogen and oxygen atoms in total. The number of carbonyl (C=O) groups excluding carboxylic acids is 1. The van der Waals surface area contributed by atoms with E-state index in [2.05, 4.69) is 23.8 Å². The van der Waals surface area contributed by atoms with Crippen molar-refractivity contribution < 1.29 is 4.79 Å². The smallest absolute Gasteiger partial charge is 0.262 e. The zero-order valence-electron chi connectivity index (χ0n) is 15.5. The van der Waals surface area contributed by atoms with Gasteiger partial charge in [-0.05, 0) is 74.4 Å². The molecule has 1 heterocycles. The summed E-state index contributed by atoms with van der Waals surface area (Å²) in [5, 5.41) is 3.69. The molecule has 2 aromatic rings. The lowest BCUT2D eigenvalue weighted by Gasteiger charge is -2.28. The van der Waals surface area contributed by atoms with Crippen LogP contribution < -0.4 is 10.9 Å². The van der Waals surface area contributed by atoms with Gasteiger partial charge in [-0.15, -0.1) is 6.58 Å². The summed E-state index contributed by atoms with van der Waals surface area (Å²) in [4.78, 5) is 28.4. The van der Waals surface area contributed by atoms with Crippen molar-refractivity contribution in [1.29, 1.82) is 0 Å². The van der Waals surface area contributed by atoms with Crippen molar-refractivity contribution in [2.75, 3.05) is 0 Å². The summed E-state index contributed by atoms with van der Waals surface area (Å²) in [6.07, 6.45) is 6.86. The summed E-state index contributed by atoms with van der Waals surface area (Å²) in [6, 6.07) is 5.29. The van der Waals surface area contributed by atoms with Crippen molar-refractivity contribution in [2.45, 2.75) is 45.2 Å². The van der Waals surface area contributed by atoms with E-state index in [1.165, 1.54) is 30.3 Å². The number of H-pyrrole nitrogens is 1. The van der Waals surface area contributed by atoms with Crippen LogP contribution in [0.4, 0.5) is 0 Å². The summed E-state index contributed by atoms with van der Waals surface area (Å²) >= 11 is 5.27. The number of hydrogen-bond donors (Lipinski definition) is 2. The fourth-order valence-corrected chi connectivity index (χ4v) is 5.26. The maximum atomic E-state index is 12.8. The van der Waals surface area contributed by atoms with Gasteiger partial charge in [0.15, 0.2) is 4.77 Å². The summed E-state index contributed by atoms with van der Waals surface area (Å²) in [7, 11) is 0. The molecule has 0 aliphatic heterocycles. The summed E-state index contributed by atoms with van der Waals surface area (Å²) in [6.45, 7) is 6.13. The number of hydrogen-bond acceptors (Lipinski definition) is 3. The minimum absolute atomic E-state index is 0.0956. The number of carbonyl (C=O) groups is 1. The number of rotatable bonds is 5. The summed E-state index contributed by atoms with van der Waals surface area (Å²) in [5.41, 5.74) is 0.963. The van der Waals surface area contributed by atoms with Gasteiger partial charge in [-0.1, -0.05) is 12.5 Å². The monoisotopic (exact) mass is 383 g/mol. The lowest BCUT2D eigenvalue weighted by Crippen LogP contribution is -2.40. The van der Waals surface area contributed by atoms with Crippen LogP contribution in [-0.2, 0) is 6.54 Å². The lowest BCUT2D eigenvalue weighted by atomic mass is 9.84. The van der Waals surface area contributed by atoms with Gasteiger partial charge in [0.1, 0.15) is 0 Å².